The van der Waals surface area contributed by atoms with Crippen LogP contribution in [-0.4, -0.2) is 8.42 Å². The van der Waals surface area contributed by atoms with Gasteiger partial charge in [0, 0.05) is 15.9 Å². The molecule has 0 spiro atoms. The molecule has 3 aromatic rings. The van der Waals surface area contributed by atoms with Crippen molar-refractivity contribution in [3.8, 4) is 0 Å². The normalized spacial score (nSPS) is 11.8. The highest BCUT2D eigenvalue weighted by Gasteiger charge is 2.24. The van der Waals surface area contributed by atoms with Gasteiger partial charge < -0.3 is 4.42 Å². The molecule has 23 heavy (non-hydrogen) atoms. The summed E-state index contributed by atoms with van der Waals surface area (Å²) in [5.74, 6) is -2.12. The molecular formula is C15H7BrF2O4S. The summed E-state index contributed by atoms with van der Waals surface area (Å²) < 4.78 is 57.1. The van der Waals surface area contributed by atoms with E-state index < -0.39 is 36.9 Å². The molecule has 1 heterocycles. The lowest BCUT2D eigenvalue weighted by molar-refractivity contribution is 0.530. The molecule has 0 atom stereocenters. The third-order valence-electron chi connectivity index (χ3n) is 3.10. The summed E-state index contributed by atoms with van der Waals surface area (Å²) in [4.78, 5) is 10.6. The van der Waals surface area contributed by atoms with Gasteiger partial charge in [0.2, 0.25) is 9.84 Å². The smallest absolute Gasteiger partial charge is 0.355 e. The van der Waals surface area contributed by atoms with E-state index in [9.17, 15) is 22.0 Å². The Morgan fingerprint density at radius 1 is 0.957 bits per heavy atom. The zero-order chi connectivity index (χ0) is 16.8. The molecule has 3 rings (SSSR count). The van der Waals surface area contributed by atoms with E-state index in [0.717, 1.165) is 6.07 Å². The van der Waals surface area contributed by atoms with E-state index in [1.165, 1.54) is 6.07 Å². The first kappa shape index (κ1) is 15.8. The Kier molecular flexibility index (Phi) is 3.81. The van der Waals surface area contributed by atoms with Crippen molar-refractivity contribution in [2.24, 2.45) is 0 Å². The summed E-state index contributed by atoms with van der Waals surface area (Å²) in [7, 11) is -4.42. The van der Waals surface area contributed by atoms with Gasteiger partial charge in [0.1, 0.15) is 17.2 Å². The predicted molar refractivity (Wildman–Crippen MR) is 82.0 cm³/mol. The van der Waals surface area contributed by atoms with Crippen LogP contribution < -0.4 is 5.63 Å². The molecule has 0 unspecified atom stereocenters. The zero-order valence-electron chi connectivity index (χ0n) is 11.2. The zero-order valence-corrected chi connectivity index (χ0v) is 13.6. The van der Waals surface area contributed by atoms with Crippen LogP contribution in [0.4, 0.5) is 8.78 Å². The Morgan fingerprint density at radius 3 is 2.26 bits per heavy atom. The van der Waals surface area contributed by atoms with E-state index in [2.05, 4.69) is 15.9 Å². The second kappa shape index (κ2) is 5.54. The Bertz CT molecular complexity index is 1070. The van der Waals surface area contributed by atoms with Crippen molar-refractivity contribution in [1.29, 1.82) is 0 Å². The highest BCUT2D eigenvalue weighted by molar-refractivity contribution is 9.10. The van der Waals surface area contributed by atoms with Crippen molar-refractivity contribution >= 4 is 36.7 Å². The monoisotopic (exact) mass is 400 g/mol. The average Bonchev–Trinajstić information content (AvgIpc) is 2.46. The van der Waals surface area contributed by atoms with Gasteiger partial charge in [0.05, 0.1) is 4.90 Å². The number of sulfone groups is 1. The third-order valence-corrected chi connectivity index (χ3v) is 5.31. The first-order chi connectivity index (χ1) is 10.8. The summed E-state index contributed by atoms with van der Waals surface area (Å²) in [6.07, 6.45) is 0. The van der Waals surface area contributed by atoms with Crippen LogP contribution in [0.3, 0.4) is 0 Å². The van der Waals surface area contributed by atoms with Gasteiger partial charge in [0.25, 0.3) is 0 Å². The van der Waals surface area contributed by atoms with Crippen molar-refractivity contribution < 1.29 is 21.6 Å². The molecule has 0 aliphatic carbocycles. The van der Waals surface area contributed by atoms with Crippen LogP contribution >= 0.6 is 15.9 Å². The molecule has 0 bridgehead atoms. The largest absolute Gasteiger partial charge is 0.422 e. The summed E-state index contributed by atoms with van der Waals surface area (Å²) in [5, 5.41) is 0.356. The standard InChI is InChI=1S/C15H7BrF2O4S/c16-9-1-2-13-8(3-9)4-14(15(19)22-13)23(20,21)12-6-10(17)5-11(18)7-12/h1-7H. The summed E-state index contributed by atoms with van der Waals surface area (Å²) in [5.41, 5.74) is -0.910. The Hall–Kier alpha value is -2.06. The minimum Gasteiger partial charge on any atom is -0.422 e. The van der Waals surface area contributed by atoms with Crippen LogP contribution in [0.25, 0.3) is 11.0 Å². The minimum absolute atomic E-state index is 0.197. The van der Waals surface area contributed by atoms with Crippen molar-refractivity contribution in [3.63, 3.8) is 0 Å². The number of hydrogen-bond donors (Lipinski definition) is 0. The van der Waals surface area contributed by atoms with Crippen LogP contribution in [-0.2, 0) is 9.84 Å². The molecule has 1 aromatic heterocycles. The van der Waals surface area contributed by atoms with Gasteiger partial charge in [-0.1, -0.05) is 15.9 Å². The highest BCUT2D eigenvalue weighted by Crippen LogP contribution is 2.25. The SMILES string of the molecule is O=c1oc2ccc(Br)cc2cc1S(=O)(=O)c1cc(F)cc(F)c1. The molecule has 4 nitrogen and oxygen atoms in total. The van der Waals surface area contributed by atoms with Crippen molar-refractivity contribution in [2.45, 2.75) is 9.79 Å². The highest BCUT2D eigenvalue weighted by atomic mass is 79.9. The Morgan fingerprint density at radius 2 is 1.61 bits per heavy atom. The van der Waals surface area contributed by atoms with Gasteiger partial charge in [0.15, 0.2) is 4.90 Å². The maximum atomic E-state index is 13.3. The molecule has 0 N–H and O–H groups in total. The number of hydrogen-bond acceptors (Lipinski definition) is 4. The summed E-state index contributed by atoms with van der Waals surface area (Å²) in [6, 6.07) is 7.62. The van der Waals surface area contributed by atoms with Crippen molar-refractivity contribution in [3.05, 3.63) is 69.0 Å². The van der Waals surface area contributed by atoms with Crippen molar-refractivity contribution in [1.82, 2.24) is 0 Å². The Labute approximate surface area is 137 Å². The van der Waals surface area contributed by atoms with E-state index in [1.807, 2.05) is 0 Å². The van der Waals surface area contributed by atoms with Crippen LogP contribution in [0.2, 0.25) is 0 Å². The van der Waals surface area contributed by atoms with E-state index in [0.29, 0.717) is 28.1 Å². The number of benzene rings is 2. The molecule has 0 saturated heterocycles. The fourth-order valence-corrected chi connectivity index (χ4v) is 3.78. The van der Waals surface area contributed by atoms with Crippen LogP contribution in [0.15, 0.2) is 65.9 Å². The second-order valence-corrected chi connectivity index (χ2v) is 7.52. The average molecular weight is 401 g/mol. The summed E-state index contributed by atoms with van der Waals surface area (Å²) in [6.45, 7) is 0. The molecule has 0 amide bonds. The molecule has 0 fully saturated rings. The van der Waals surface area contributed by atoms with Crippen molar-refractivity contribution in [2.75, 3.05) is 0 Å². The van der Waals surface area contributed by atoms with Crippen LogP contribution in [0.1, 0.15) is 0 Å². The second-order valence-electron chi connectivity index (χ2n) is 4.69. The number of halogens is 3. The van der Waals surface area contributed by atoms with Gasteiger partial charge in [-0.25, -0.2) is 22.0 Å². The molecule has 118 valence electrons. The first-order valence-corrected chi connectivity index (χ1v) is 8.49. The van der Waals surface area contributed by atoms with Gasteiger partial charge in [-0.15, -0.1) is 0 Å². The lowest BCUT2D eigenvalue weighted by atomic mass is 10.2. The van der Waals surface area contributed by atoms with Gasteiger partial charge in [-0.2, -0.15) is 0 Å². The Balaban J connectivity index is 2.29. The van der Waals surface area contributed by atoms with E-state index in [4.69, 9.17) is 4.42 Å². The van der Waals surface area contributed by atoms with E-state index in [-0.39, 0.29) is 5.58 Å². The lowest BCUT2D eigenvalue weighted by Crippen LogP contribution is -2.14. The van der Waals surface area contributed by atoms with Gasteiger partial charge in [-0.3, -0.25) is 0 Å². The van der Waals surface area contributed by atoms with Crippen LogP contribution in [0.5, 0.6) is 0 Å². The van der Waals surface area contributed by atoms with Gasteiger partial charge >= 0.3 is 5.63 Å². The summed E-state index contributed by atoms with van der Waals surface area (Å²) >= 11 is 3.22. The third kappa shape index (κ3) is 2.91. The molecule has 8 heteroatoms. The molecule has 0 aliphatic heterocycles. The maximum absolute atomic E-state index is 13.3. The number of rotatable bonds is 2. The molecule has 2 aromatic carbocycles. The number of fused-ring (bicyclic) bond motifs is 1. The fourth-order valence-electron chi connectivity index (χ4n) is 2.07. The lowest BCUT2D eigenvalue weighted by Gasteiger charge is -2.05. The molecular weight excluding hydrogens is 394 g/mol. The topological polar surface area (TPSA) is 64.3 Å². The maximum Gasteiger partial charge on any atom is 0.355 e. The predicted octanol–water partition coefficient (Wildman–Crippen LogP) is 3.67. The first-order valence-electron chi connectivity index (χ1n) is 6.22. The van der Waals surface area contributed by atoms with Gasteiger partial charge in [-0.05, 0) is 36.4 Å². The fraction of sp³-hybridized carbons (Fsp3) is 0. The minimum atomic E-state index is -4.42. The van der Waals surface area contributed by atoms with E-state index in [1.54, 1.807) is 12.1 Å². The quantitative estimate of drug-likeness (QED) is 0.615. The molecule has 0 aliphatic rings. The molecule has 0 saturated carbocycles. The van der Waals surface area contributed by atoms with E-state index >= 15 is 0 Å². The molecule has 0 radical (unpaired) electrons. The van der Waals surface area contributed by atoms with Crippen LogP contribution in [0, 0.1) is 11.6 Å².